The van der Waals surface area contributed by atoms with Crippen LogP contribution in [0.25, 0.3) is 0 Å². The van der Waals surface area contributed by atoms with Gasteiger partial charge in [-0.3, -0.25) is 4.72 Å². The van der Waals surface area contributed by atoms with E-state index in [9.17, 15) is 8.42 Å². The minimum absolute atomic E-state index is 0.0196. The van der Waals surface area contributed by atoms with E-state index in [1.54, 1.807) is 30.5 Å². The second-order valence-electron chi connectivity index (χ2n) is 7.39. The van der Waals surface area contributed by atoms with E-state index in [1.807, 2.05) is 36.4 Å². The molecule has 0 saturated heterocycles. The predicted molar refractivity (Wildman–Crippen MR) is 108 cm³/mol. The van der Waals surface area contributed by atoms with E-state index in [-0.39, 0.29) is 10.3 Å². The van der Waals surface area contributed by atoms with Gasteiger partial charge in [0.2, 0.25) is 0 Å². The van der Waals surface area contributed by atoms with Crippen molar-refractivity contribution in [1.29, 1.82) is 0 Å². The van der Waals surface area contributed by atoms with Crippen LogP contribution in [0.2, 0.25) is 0 Å². The van der Waals surface area contributed by atoms with Gasteiger partial charge in [-0.2, -0.15) is 0 Å². The highest BCUT2D eigenvalue weighted by Gasteiger charge is 2.17. The van der Waals surface area contributed by atoms with Crippen molar-refractivity contribution in [2.45, 2.75) is 37.6 Å². The lowest BCUT2D eigenvalue weighted by Gasteiger charge is -2.19. The Kier molecular flexibility index (Phi) is 5.28. The van der Waals surface area contributed by atoms with Gasteiger partial charge in [0.15, 0.2) is 0 Å². The highest BCUT2D eigenvalue weighted by atomic mass is 32.2. The van der Waals surface area contributed by atoms with Crippen LogP contribution in [0.15, 0.2) is 76.2 Å². The molecule has 3 aromatic rings. The summed E-state index contributed by atoms with van der Waals surface area (Å²) in [5.74, 6) is 0.832. The van der Waals surface area contributed by atoms with E-state index >= 15 is 0 Å². The normalized spacial score (nSPS) is 12.0. The van der Waals surface area contributed by atoms with Crippen LogP contribution in [0, 0.1) is 0 Å². The molecular formula is C21H24N2O3S. The van der Waals surface area contributed by atoms with Crippen molar-refractivity contribution in [3.05, 3.63) is 78.3 Å². The van der Waals surface area contributed by atoms with E-state index in [0.717, 1.165) is 17.0 Å². The maximum absolute atomic E-state index is 12.6. The maximum atomic E-state index is 12.6. The number of benzene rings is 2. The molecule has 0 spiro atoms. The molecule has 27 heavy (non-hydrogen) atoms. The summed E-state index contributed by atoms with van der Waals surface area (Å²) in [5, 5.41) is 3.22. The molecule has 1 aromatic heterocycles. The van der Waals surface area contributed by atoms with Gasteiger partial charge in [-0.1, -0.05) is 32.9 Å². The number of rotatable bonds is 6. The Labute approximate surface area is 160 Å². The molecule has 6 heteroatoms. The van der Waals surface area contributed by atoms with Crippen molar-refractivity contribution in [2.24, 2.45) is 0 Å². The molecule has 0 unspecified atom stereocenters. The molecule has 0 aliphatic carbocycles. The zero-order chi connectivity index (χ0) is 19.5. The van der Waals surface area contributed by atoms with Crippen molar-refractivity contribution >= 4 is 21.4 Å². The molecule has 2 N–H and O–H groups in total. The summed E-state index contributed by atoms with van der Waals surface area (Å²) in [4.78, 5) is 0.246. The largest absolute Gasteiger partial charge is 0.467 e. The van der Waals surface area contributed by atoms with E-state index in [0.29, 0.717) is 12.2 Å². The lowest BCUT2D eigenvalue weighted by atomic mass is 9.87. The number of nitrogens with one attached hydrogen (secondary N) is 2. The number of sulfonamides is 1. The van der Waals surface area contributed by atoms with Gasteiger partial charge in [-0.15, -0.1) is 0 Å². The van der Waals surface area contributed by atoms with Gasteiger partial charge in [0.25, 0.3) is 10.0 Å². The van der Waals surface area contributed by atoms with Crippen LogP contribution in [0.4, 0.5) is 11.4 Å². The smallest absolute Gasteiger partial charge is 0.261 e. The zero-order valence-corrected chi connectivity index (χ0v) is 16.5. The van der Waals surface area contributed by atoms with Gasteiger partial charge in [-0.05, 0) is 59.5 Å². The number of furan rings is 1. The van der Waals surface area contributed by atoms with Gasteiger partial charge < -0.3 is 9.73 Å². The molecule has 0 fully saturated rings. The highest BCUT2D eigenvalue weighted by Crippen LogP contribution is 2.24. The Morgan fingerprint density at radius 3 is 2.07 bits per heavy atom. The Morgan fingerprint density at radius 1 is 0.889 bits per heavy atom. The third-order valence-corrected chi connectivity index (χ3v) is 5.61. The maximum Gasteiger partial charge on any atom is 0.261 e. The first-order valence-corrected chi connectivity index (χ1v) is 10.2. The molecule has 0 radical (unpaired) electrons. The average Bonchev–Trinajstić information content (AvgIpc) is 3.14. The second kappa shape index (κ2) is 7.48. The molecule has 0 aliphatic rings. The topological polar surface area (TPSA) is 71.3 Å². The van der Waals surface area contributed by atoms with Crippen LogP contribution in [-0.4, -0.2) is 8.42 Å². The summed E-state index contributed by atoms with van der Waals surface area (Å²) in [6, 6.07) is 17.8. The number of anilines is 2. The molecule has 0 bridgehead atoms. The Bertz CT molecular complexity index is 969. The predicted octanol–water partition coefficient (Wildman–Crippen LogP) is 4.99. The monoisotopic (exact) mass is 384 g/mol. The molecule has 5 nitrogen and oxygen atoms in total. The lowest BCUT2D eigenvalue weighted by molar-refractivity contribution is 0.518. The van der Waals surface area contributed by atoms with Crippen LogP contribution in [-0.2, 0) is 22.0 Å². The number of hydrogen-bond acceptors (Lipinski definition) is 4. The molecule has 142 valence electrons. The van der Waals surface area contributed by atoms with E-state index in [4.69, 9.17) is 4.42 Å². The van der Waals surface area contributed by atoms with Gasteiger partial charge in [0.1, 0.15) is 5.76 Å². The summed E-state index contributed by atoms with van der Waals surface area (Å²) in [6.07, 6.45) is 1.63. The lowest BCUT2D eigenvalue weighted by Crippen LogP contribution is -2.14. The van der Waals surface area contributed by atoms with Crippen molar-refractivity contribution < 1.29 is 12.8 Å². The van der Waals surface area contributed by atoms with Crippen molar-refractivity contribution in [3.63, 3.8) is 0 Å². The quantitative estimate of drug-likeness (QED) is 0.628. The van der Waals surface area contributed by atoms with Crippen LogP contribution >= 0.6 is 0 Å². The van der Waals surface area contributed by atoms with Crippen LogP contribution in [0.1, 0.15) is 32.1 Å². The molecule has 0 atom stereocenters. The van der Waals surface area contributed by atoms with E-state index < -0.39 is 10.0 Å². The third-order valence-electron chi connectivity index (χ3n) is 4.21. The summed E-state index contributed by atoms with van der Waals surface area (Å²) < 4.78 is 33.1. The van der Waals surface area contributed by atoms with Crippen molar-refractivity contribution in [2.75, 3.05) is 10.0 Å². The van der Waals surface area contributed by atoms with E-state index in [1.165, 1.54) is 0 Å². The van der Waals surface area contributed by atoms with Crippen LogP contribution in [0.5, 0.6) is 0 Å². The first kappa shape index (κ1) is 19.0. The van der Waals surface area contributed by atoms with Gasteiger partial charge in [0.05, 0.1) is 17.7 Å². The fourth-order valence-corrected chi connectivity index (χ4v) is 3.67. The summed E-state index contributed by atoms with van der Waals surface area (Å²) in [6.45, 7) is 6.85. The summed E-state index contributed by atoms with van der Waals surface area (Å²) >= 11 is 0. The SMILES string of the molecule is CC(C)(C)c1ccc(S(=O)(=O)Nc2ccc(NCc3ccco3)cc2)cc1. The van der Waals surface area contributed by atoms with Crippen LogP contribution < -0.4 is 10.0 Å². The summed E-state index contributed by atoms with van der Waals surface area (Å²) in [5.41, 5.74) is 2.46. The third kappa shape index (κ3) is 4.92. The van der Waals surface area contributed by atoms with Crippen LogP contribution in [0.3, 0.4) is 0 Å². The Morgan fingerprint density at radius 2 is 1.52 bits per heavy atom. The molecule has 0 amide bonds. The number of hydrogen-bond donors (Lipinski definition) is 2. The van der Waals surface area contributed by atoms with E-state index in [2.05, 4.69) is 30.8 Å². The van der Waals surface area contributed by atoms with Gasteiger partial charge in [0, 0.05) is 11.4 Å². The van der Waals surface area contributed by atoms with Crippen molar-refractivity contribution in [3.8, 4) is 0 Å². The minimum Gasteiger partial charge on any atom is -0.467 e. The molecule has 1 heterocycles. The highest BCUT2D eigenvalue weighted by molar-refractivity contribution is 7.92. The fourth-order valence-electron chi connectivity index (χ4n) is 2.61. The molecular weight excluding hydrogens is 360 g/mol. The fraction of sp³-hybridized carbons (Fsp3) is 0.238. The standard InChI is InChI=1S/C21H24N2O3S/c1-21(2,3)16-6-12-20(13-7-16)27(24,25)23-18-10-8-17(9-11-18)22-15-19-5-4-14-26-19/h4-14,22-23H,15H2,1-3H3. The molecule has 2 aromatic carbocycles. The molecule has 0 aliphatic heterocycles. The van der Waals surface area contributed by atoms with Gasteiger partial charge >= 0.3 is 0 Å². The zero-order valence-electron chi connectivity index (χ0n) is 15.7. The summed E-state index contributed by atoms with van der Waals surface area (Å²) in [7, 11) is -3.62. The minimum atomic E-state index is -3.62. The molecule has 3 rings (SSSR count). The van der Waals surface area contributed by atoms with Gasteiger partial charge in [-0.25, -0.2) is 8.42 Å². The first-order valence-electron chi connectivity index (χ1n) is 8.74. The van der Waals surface area contributed by atoms with Crippen molar-refractivity contribution in [1.82, 2.24) is 0 Å². The second-order valence-corrected chi connectivity index (χ2v) is 9.07. The first-order chi connectivity index (χ1) is 12.7. The Hall–Kier alpha value is -2.73. The Balaban J connectivity index is 1.66. The molecule has 0 saturated carbocycles. The average molecular weight is 385 g/mol.